The van der Waals surface area contributed by atoms with Crippen LogP contribution in [0.5, 0.6) is 0 Å². The summed E-state index contributed by atoms with van der Waals surface area (Å²) >= 11 is 0. The minimum atomic E-state index is -0.427. The molecule has 0 fully saturated rings. The Hall–Kier alpha value is -1.64. The van der Waals surface area contributed by atoms with Crippen molar-refractivity contribution in [3.8, 4) is 0 Å². The second kappa shape index (κ2) is 4.40. The third-order valence-electron chi connectivity index (χ3n) is 1.48. The maximum Gasteiger partial charge on any atom is 0.330 e. The first-order valence-corrected chi connectivity index (χ1v) is 3.74. The van der Waals surface area contributed by atoms with Gasteiger partial charge in [0.15, 0.2) is 0 Å². The van der Waals surface area contributed by atoms with Crippen LogP contribution in [-0.4, -0.2) is 13.1 Å². The minimum absolute atomic E-state index is 0.296. The van der Waals surface area contributed by atoms with Crippen molar-refractivity contribution in [3.05, 3.63) is 41.7 Å². The van der Waals surface area contributed by atoms with Gasteiger partial charge in [-0.2, -0.15) is 0 Å². The van der Waals surface area contributed by atoms with Crippen molar-refractivity contribution < 1.29 is 13.9 Å². The van der Waals surface area contributed by atoms with Crippen molar-refractivity contribution in [2.24, 2.45) is 0 Å². The van der Waals surface area contributed by atoms with Crippen LogP contribution in [0.1, 0.15) is 5.56 Å². The summed E-state index contributed by atoms with van der Waals surface area (Å²) in [4.78, 5) is 10.7. The first-order valence-electron chi connectivity index (χ1n) is 3.74. The Balaban J connectivity index is 2.69. The summed E-state index contributed by atoms with van der Waals surface area (Å²) in [5.74, 6) is -0.723. The van der Waals surface area contributed by atoms with E-state index in [1.807, 2.05) is 0 Å². The summed E-state index contributed by atoms with van der Waals surface area (Å²) in [5.41, 5.74) is 0.756. The number of hydrogen-bond donors (Lipinski definition) is 0. The van der Waals surface area contributed by atoms with Gasteiger partial charge in [-0.05, 0) is 23.8 Å². The summed E-state index contributed by atoms with van der Waals surface area (Å²) in [6, 6.07) is 5.82. The zero-order valence-corrected chi connectivity index (χ0v) is 7.16. The zero-order chi connectivity index (χ0) is 9.68. The van der Waals surface area contributed by atoms with Crippen molar-refractivity contribution in [2.75, 3.05) is 7.11 Å². The molecule has 0 saturated heterocycles. The van der Waals surface area contributed by atoms with E-state index < -0.39 is 5.97 Å². The largest absolute Gasteiger partial charge is 0.466 e. The highest BCUT2D eigenvalue weighted by Crippen LogP contribution is 2.04. The Bertz CT molecular complexity index is 314. The Morgan fingerprint density at radius 2 is 2.00 bits per heavy atom. The van der Waals surface area contributed by atoms with Gasteiger partial charge in [0.1, 0.15) is 5.82 Å². The van der Waals surface area contributed by atoms with Crippen LogP contribution in [0, 0.1) is 5.82 Å². The van der Waals surface area contributed by atoms with Crippen molar-refractivity contribution in [2.45, 2.75) is 0 Å². The van der Waals surface area contributed by atoms with E-state index in [0.29, 0.717) is 0 Å². The van der Waals surface area contributed by atoms with Crippen LogP contribution < -0.4 is 0 Å². The van der Waals surface area contributed by atoms with Gasteiger partial charge in [-0.1, -0.05) is 12.1 Å². The highest BCUT2D eigenvalue weighted by molar-refractivity contribution is 5.86. The van der Waals surface area contributed by atoms with Crippen molar-refractivity contribution in [1.82, 2.24) is 0 Å². The summed E-state index contributed by atoms with van der Waals surface area (Å²) < 4.78 is 16.8. The second-order valence-corrected chi connectivity index (χ2v) is 2.41. The quantitative estimate of drug-likeness (QED) is 0.514. The highest BCUT2D eigenvalue weighted by atomic mass is 19.1. The summed E-state index contributed by atoms with van der Waals surface area (Å²) in [7, 11) is 1.30. The fourth-order valence-electron chi connectivity index (χ4n) is 0.806. The Morgan fingerprint density at radius 3 is 2.54 bits per heavy atom. The molecule has 0 atom stereocenters. The lowest BCUT2D eigenvalue weighted by atomic mass is 10.2. The van der Waals surface area contributed by atoms with Gasteiger partial charge in [0.2, 0.25) is 0 Å². The van der Waals surface area contributed by atoms with Crippen LogP contribution in [0.4, 0.5) is 4.39 Å². The number of benzene rings is 1. The van der Waals surface area contributed by atoms with Crippen LogP contribution >= 0.6 is 0 Å². The monoisotopic (exact) mass is 180 g/mol. The van der Waals surface area contributed by atoms with Gasteiger partial charge in [-0.15, -0.1) is 0 Å². The van der Waals surface area contributed by atoms with E-state index in [2.05, 4.69) is 4.74 Å². The lowest BCUT2D eigenvalue weighted by molar-refractivity contribution is -0.134. The van der Waals surface area contributed by atoms with E-state index in [4.69, 9.17) is 0 Å². The molecule has 0 N–H and O–H groups in total. The van der Waals surface area contributed by atoms with Crippen LogP contribution in [0.15, 0.2) is 30.3 Å². The molecule has 0 bridgehead atoms. The number of halogens is 1. The van der Waals surface area contributed by atoms with Crippen LogP contribution in [0.25, 0.3) is 6.08 Å². The van der Waals surface area contributed by atoms with Crippen molar-refractivity contribution >= 4 is 12.0 Å². The van der Waals surface area contributed by atoms with E-state index in [1.165, 1.54) is 25.3 Å². The molecular weight excluding hydrogens is 171 g/mol. The molecule has 0 amide bonds. The topological polar surface area (TPSA) is 26.3 Å². The minimum Gasteiger partial charge on any atom is -0.466 e. The molecule has 0 spiro atoms. The number of rotatable bonds is 2. The molecule has 3 heteroatoms. The molecular formula is C10H9FO2. The lowest BCUT2D eigenvalue weighted by Crippen LogP contribution is -1.93. The van der Waals surface area contributed by atoms with Gasteiger partial charge >= 0.3 is 5.97 Å². The summed E-state index contributed by atoms with van der Waals surface area (Å²) in [5, 5.41) is 0. The van der Waals surface area contributed by atoms with Crippen molar-refractivity contribution in [1.29, 1.82) is 0 Å². The Labute approximate surface area is 75.6 Å². The summed E-state index contributed by atoms with van der Waals surface area (Å²) in [6.07, 6.45) is 2.85. The molecule has 0 aliphatic rings. The van der Waals surface area contributed by atoms with Gasteiger partial charge in [0.05, 0.1) is 7.11 Å². The predicted octanol–water partition coefficient (Wildman–Crippen LogP) is 2.01. The van der Waals surface area contributed by atoms with E-state index in [1.54, 1.807) is 18.2 Å². The molecule has 68 valence electrons. The third kappa shape index (κ3) is 3.07. The van der Waals surface area contributed by atoms with Crippen molar-refractivity contribution in [3.63, 3.8) is 0 Å². The fraction of sp³-hybridized carbons (Fsp3) is 0.100. The maximum atomic E-state index is 12.4. The molecule has 0 saturated carbocycles. The van der Waals surface area contributed by atoms with Crippen LogP contribution in [0.2, 0.25) is 0 Å². The maximum absolute atomic E-state index is 12.4. The first kappa shape index (κ1) is 9.45. The number of methoxy groups -OCH3 is 1. The molecule has 0 heterocycles. The lowest BCUT2D eigenvalue weighted by Gasteiger charge is -1.92. The van der Waals surface area contributed by atoms with Gasteiger partial charge in [0, 0.05) is 6.08 Å². The molecule has 1 aromatic carbocycles. The third-order valence-corrected chi connectivity index (χ3v) is 1.48. The first-order chi connectivity index (χ1) is 6.22. The number of carbonyl (C=O) groups is 1. The number of hydrogen-bond acceptors (Lipinski definition) is 2. The van der Waals surface area contributed by atoms with E-state index >= 15 is 0 Å². The molecule has 0 radical (unpaired) electrons. The van der Waals surface area contributed by atoms with Crippen LogP contribution in [0.3, 0.4) is 0 Å². The summed E-state index contributed by atoms with van der Waals surface area (Å²) in [6.45, 7) is 0. The zero-order valence-electron chi connectivity index (χ0n) is 7.16. The molecule has 0 aliphatic heterocycles. The predicted molar refractivity (Wildman–Crippen MR) is 47.5 cm³/mol. The SMILES string of the molecule is COC(=O)/C=C/c1ccc(F)cc1. The Morgan fingerprint density at radius 1 is 1.38 bits per heavy atom. The smallest absolute Gasteiger partial charge is 0.330 e. The second-order valence-electron chi connectivity index (χ2n) is 2.41. The van der Waals surface area contributed by atoms with Gasteiger partial charge in [-0.25, -0.2) is 9.18 Å². The Kier molecular flexibility index (Phi) is 3.20. The molecule has 13 heavy (non-hydrogen) atoms. The standard InChI is InChI=1S/C10H9FO2/c1-13-10(12)7-4-8-2-5-9(11)6-3-8/h2-7H,1H3/b7-4+. The van der Waals surface area contributed by atoms with Gasteiger partial charge in [-0.3, -0.25) is 0 Å². The van der Waals surface area contributed by atoms with E-state index in [9.17, 15) is 9.18 Å². The molecule has 0 aromatic heterocycles. The highest BCUT2D eigenvalue weighted by Gasteiger charge is 1.92. The molecule has 1 rings (SSSR count). The fourth-order valence-corrected chi connectivity index (χ4v) is 0.806. The molecule has 1 aromatic rings. The van der Waals surface area contributed by atoms with Gasteiger partial charge in [0.25, 0.3) is 0 Å². The average Bonchev–Trinajstić information content (AvgIpc) is 2.16. The average molecular weight is 180 g/mol. The number of esters is 1. The van der Waals surface area contributed by atoms with Crippen LogP contribution in [-0.2, 0) is 9.53 Å². The molecule has 2 nitrogen and oxygen atoms in total. The number of ether oxygens (including phenoxy) is 1. The normalized spacial score (nSPS) is 10.3. The molecule has 0 unspecified atom stereocenters. The number of carbonyl (C=O) groups excluding carboxylic acids is 1. The van der Waals surface area contributed by atoms with E-state index in [0.717, 1.165) is 5.56 Å². The van der Waals surface area contributed by atoms with Gasteiger partial charge < -0.3 is 4.74 Å². The molecule has 0 aliphatic carbocycles. The van der Waals surface area contributed by atoms with E-state index in [-0.39, 0.29) is 5.82 Å².